The average Bonchev–Trinajstić information content (AvgIpc) is 3.50. The van der Waals surface area contributed by atoms with E-state index in [1.54, 1.807) is 19.2 Å². The Balaban J connectivity index is 1.32. The van der Waals surface area contributed by atoms with Crippen molar-refractivity contribution in [2.75, 3.05) is 36.9 Å². The fourth-order valence-electron chi connectivity index (χ4n) is 3.88. The van der Waals surface area contributed by atoms with Gasteiger partial charge in [0.25, 0.3) is 5.89 Å². The van der Waals surface area contributed by atoms with Crippen LogP contribution in [0.5, 0.6) is 0 Å². The highest BCUT2D eigenvalue weighted by atomic mass is 16.4. The van der Waals surface area contributed by atoms with Crippen LogP contribution in [0.4, 0.5) is 11.6 Å². The third kappa shape index (κ3) is 5.06. The van der Waals surface area contributed by atoms with Crippen LogP contribution < -0.4 is 10.2 Å². The van der Waals surface area contributed by atoms with Crippen LogP contribution in [0.15, 0.2) is 51.5 Å². The molecule has 9 nitrogen and oxygen atoms in total. The first-order chi connectivity index (χ1) is 15.9. The number of benzene rings is 1. The summed E-state index contributed by atoms with van der Waals surface area (Å²) < 4.78 is 11.1. The van der Waals surface area contributed by atoms with E-state index in [9.17, 15) is 14.9 Å². The molecule has 3 aromatic rings. The Morgan fingerprint density at radius 3 is 2.61 bits per heavy atom. The smallest absolute Gasteiger partial charge is 0.266 e. The molecule has 3 heterocycles. The Morgan fingerprint density at radius 1 is 1.24 bits per heavy atom. The second-order valence-electron chi connectivity index (χ2n) is 8.13. The van der Waals surface area contributed by atoms with Crippen molar-refractivity contribution >= 4 is 23.4 Å². The van der Waals surface area contributed by atoms with E-state index in [1.807, 2.05) is 36.1 Å². The second kappa shape index (κ2) is 9.61. The molecule has 0 bridgehead atoms. The Bertz CT molecular complexity index is 1150. The molecule has 0 aliphatic carbocycles. The summed E-state index contributed by atoms with van der Waals surface area (Å²) in [4.78, 5) is 32.8. The number of anilines is 2. The first-order valence-electron chi connectivity index (χ1n) is 10.8. The van der Waals surface area contributed by atoms with Gasteiger partial charge in [0.05, 0.1) is 12.8 Å². The van der Waals surface area contributed by atoms with Gasteiger partial charge in [0, 0.05) is 31.7 Å². The fourth-order valence-corrected chi connectivity index (χ4v) is 3.88. The van der Waals surface area contributed by atoms with E-state index in [0.717, 1.165) is 5.56 Å². The predicted molar refractivity (Wildman–Crippen MR) is 121 cm³/mol. The maximum absolute atomic E-state index is 12.9. The number of hydrogen-bond donors (Lipinski definition) is 1. The molecule has 0 radical (unpaired) electrons. The number of aromatic nitrogens is 1. The summed E-state index contributed by atoms with van der Waals surface area (Å²) in [5, 5.41) is 12.3. The van der Waals surface area contributed by atoms with Crippen molar-refractivity contribution < 1.29 is 18.4 Å². The normalized spacial score (nSPS) is 14.0. The molecule has 1 aliphatic rings. The first-order valence-corrected chi connectivity index (χ1v) is 10.8. The van der Waals surface area contributed by atoms with Crippen molar-refractivity contribution in [3.8, 4) is 17.7 Å². The minimum Gasteiger partial charge on any atom is -0.459 e. The molecule has 1 aromatic carbocycles. The topological polar surface area (TPSA) is 116 Å². The Morgan fingerprint density at radius 2 is 1.97 bits per heavy atom. The summed E-state index contributed by atoms with van der Waals surface area (Å²) in [5.74, 6) is 0.593. The molecular weight excluding hydrogens is 422 g/mol. The molecule has 1 N–H and O–H groups in total. The summed E-state index contributed by atoms with van der Waals surface area (Å²) in [7, 11) is 1.64. The number of aryl methyl sites for hydroxylation is 1. The van der Waals surface area contributed by atoms with Gasteiger partial charge in [-0.05, 0) is 44.0 Å². The summed E-state index contributed by atoms with van der Waals surface area (Å²) in [6.45, 7) is 3.05. The van der Waals surface area contributed by atoms with Gasteiger partial charge in [0.1, 0.15) is 6.07 Å². The van der Waals surface area contributed by atoms with Crippen LogP contribution in [0.2, 0.25) is 0 Å². The summed E-state index contributed by atoms with van der Waals surface area (Å²) in [5.41, 5.74) is 2.00. The van der Waals surface area contributed by atoms with Gasteiger partial charge < -0.3 is 24.0 Å². The zero-order valence-electron chi connectivity index (χ0n) is 18.6. The molecular formula is C24H25N5O4. The Kier molecular flexibility index (Phi) is 6.45. The Labute approximate surface area is 191 Å². The lowest BCUT2D eigenvalue weighted by molar-refractivity contribution is -0.137. The standard InChI is InChI=1S/C24H25N5O4/c1-16-5-7-18(8-6-16)26-21(30)15-28(2)23(31)17-9-11-29(12-10-17)24-19(14-25)27-22(33-24)20-4-3-13-32-20/h3-8,13,17H,9-12,15H2,1-2H3,(H,26,30). The van der Waals surface area contributed by atoms with E-state index in [-0.39, 0.29) is 35.9 Å². The lowest BCUT2D eigenvalue weighted by atomic mass is 9.95. The number of carbonyl (C=O) groups excluding carboxylic acids is 2. The van der Waals surface area contributed by atoms with Gasteiger partial charge in [-0.3, -0.25) is 9.59 Å². The minimum absolute atomic E-state index is 0.0138. The molecule has 0 spiro atoms. The van der Waals surface area contributed by atoms with Crippen molar-refractivity contribution in [1.82, 2.24) is 9.88 Å². The number of hydrogen-bond acceptors (Lipinski definition) is 7. The molecule has 1 saturated heterocycles. The molecule has 2 amide bonds. The van der Waals surface area contributed by atoms with E-state index in [1.165, 1.54) is 11.2 Å². The van der Waals surface area contributed by atoms with E-state index in [0.29, 0.717) is 43.3 Å². The van der Waals surface area contributed by atoms with Gasteiger partial charge in [0.15, 0.2) is 5.76 Å². The van der Waals surface area contributed by atoms with E-state index in [4.69, 9.17) is 8.83 Å². The third-order valence-corrected chi connectivity index (χ3v) is 5.67. The molecule has 0 atom stereocenters. The lowest BCUT2D eigenvalue weighted by Gasteiger charge is -2.32. The van der Waals surface area contributed by atoms with Crippen LogP contribution in [0.3, 0.4) is 0 Å². The number of nitrogens with zero attached hydrogens (tertiary/aromatic N) is 4. The molecule has 170 valence electrons. The van der Waals surface area contributed by atoms with Crippen LogP contribution >= 0.6 is 0 Å². The zero-order valence-corrected chi connectivity index (χ0v) is 18.6. The van der Waals surface area contributed by atoms with Crippen molar-refractivity contribution in [1.29, 1.82) is 5.26 Å². The minimum atomic E-state index is -0.238. The van der Waals surface area contributed by atoms with Crippen LogP contribution in [0, 0.1) is 24.2 Å². The summed E-state index contributed by atoms with van der Waals surface area (Å²) in [6, 6.07) is 13.0. The van der Waals surface area contributed by atoms with E-state index < -0.39 is 0 Å². The first kappa shape index (κ1) is 22.1. The number of likely N-dealkylation sites (N-methyl/N-ethyl adjacent to an activating group) is 1. The number of oxazole rings is 1. The maximum Gasteiger partial charge on any atom is 0.266 e. The molecule has 1 fully saturated rings. The lowest BCUT2D eigenvalue weighted by Crippen LogP contribution is -2.43. The van der Waals surface area contributed by atoms with Crippen LogP contribution in [-0.2, 0) is 9.59 Å². The van der Waals surface area contributed by atoms with Gasteiger partial charge in [-0.2, -0.15) is 10.2 Å². The van der Waals surface area contributed by atoms with Gasteiger partial charge >= 0.3 is 0 Å². The SMILES string of the molecule is Cc1ccc(NC(=O)CN(C)C(=O)C2CCN(c3oc(-c4ccco4)nc3C#N)CC2)cc1. The van der Waals surface area contributed by atoms with Gasteiger partial charge in [-0.15, -0.1) is 0 Å². The van der Waals surface area contributed by atoms with Crippen molar-refractivity contribution in [3.63, 3.8) is 0 Å². The fraction of sp³-hybridized carbons (Fsp3) is 0.333. The number of carbonyl (C=O) groups is 2. The monoisotopic (exact) mass is 447 g/mol. The molecule has 1 aliphatic heterocycles. The van der Waals surface area contributed by atoms with Gasteiger partial charge in [0.2, 0.25) is 23.4 Å². The quantitative estimate of drug-likeness (QED) is 0.615. The van der Waals surface area contributed by atoms with Gasteiger partial charge in [-0.25, -0.2) is 0 Å². The van der Waals surface area contributed by atoms with Crippen LogP contribution in [-0.4, -0.2) is 48.4 Å². The number of nitrogens with one attached hydrogen (secondary N) is 1. The van der Waals surface area contributed by atoms with Crippen LogP contribution in [0.1, 0.15) is 24.1 Å². The number of nitriles is 1. The summed E-state index contributed by atoms with van der Waals surface area (Å²) >= 11 is 0. The number of rotatable bonds is 6. The highest BCUT2D eigenvalue weighted by Crippen LogP contribution is 2.31. The number of piperidine rings is 1. The number of amides is 2. The highest BCUT2D eigenvalue weighted by Gasteiger charge is 2.31. The molecule has 0 unspecified atom stereocenters. The maximum atomic E-state index is 12.9. The molecule has 2 aromatic heterocycles. The van der Waals surface area contributed by atoms with Crippen molar-refractivity contribution in [3.05, 3.63) is 53.9 Å². The molecule has 4 rings (SSSR count). The van der Waals surface area contributed by atoms with Crippen molar-refractivity contribution in [2.24, 2.45) is 5.92 Å². The van der Waals surface area contributed by atoms with Crippen molar-refractivity contribution in [2.45, 2.75) is 19.8 Å². The molecule has 9 heteroatoms. The van der Waals surface area contributed by atoms with E-state index in [2.05, 4.69) is 16.4 Å². The highest BCUT2D eigenvalue weighted by molar-refractivity contribution is 5.94. The molecule has 33 heavy (non-hydrogen) atoms. The summed E-state index contributed by atoms with van der Waals surface area (Å²) in [6.07, 6.45) is 2.69. The number of furan rings is 1. The molecule has 0 saturated carbocycles. The van der Waals surface area contributed by atoms with Gasteiger partial charge in [-0.1, -0.05) is 17.7 Å². The largest absolute Gasteiger partial charge is 0.459 e. The van der Waals surface area contributed by atoms with E-state index >= 15 is 0 Å². The predicted octanol–water partition coefficient (Wildman–Crippen LogP) is 3.43. The Hall–Kier alpha value is -4.06. The average molecular weight is 447 g/mol. The van der Waals surface area contributed by atoms with Crippen LogP contribution in [0.25, 0.3) is 11.7 Å². The second-order valence-corrected chi connectivity index (χ2v) is 8.13. The third-order valence-electron chi connectivity index (χ3n) is 5.67. The zero-order chi connectivity index (χ0) is 23.4.